The maximum Gasteiger partial charge on any atom is 0.127 e. The van der Waals surface area contributed by atoms with E-state index in [1.807, 2.05) is 42.9 Å². The summed E-state index contributed by atoms with van der Waals surface area (Å²) in [6, 6.07) is 4.50. The van der Waals surface area contributed by atoms with Crippen molar-refractivity contribution in [1.82, 2.24) is 14.8 Å². The molecule has 0 fully saturated rings. The van der Waals surface area contributed by atoms with E-state index >= 15 is 0 Å². The third kappa shape index (κ3) is 2.37. The first-order chi connectivity index (χ1) is 8.49. The van der Waals surface area contributed by atoms with Crippen molar-refractivity contribution in [3.8, 4) is 11.1 Å². The van der Waals surface area contributed by atoms with E-state index in [1.54, 1.807) is 0 Å². The predicted octanol–water partition coefficient (Wildman–Crippen LogP) is 2.90. The van der Waals surface area contributed by atoms with Crippen molar-refractivity contribution in [3.63, 3.8) is 0 Å². The first kappa shape index (κ1) is 12.6. The van der Waals surface area contributed by atoms with Gasteiger partial charge >= 0.3 is 0 Å². The molecule has 0 atom stereocenters. The molecule has 0 radical (unpaired) electrons. The number of hydrogen-bond acceptors (Lipinski definition) is 3. The molecule has 0 amide bonds. The largest absolute Gasteiger partial charge is 0.363 e. The summed E-state index contributed by atoms with van der Waals surface area (Å²) in [6.07, 6.45) is 4.00. The van der Waals surface area contributed by atoms with Crippen LogP contribution in [0.5, 0.6) is 0 Å². The second-order valence-corrected chi connectivity index (χ2v) is 5.00. The molecule has 2 aromatic heterocycles. The smallest absolute Gasteiger partial charge is 0.127 e. The number of pyridine rings is 1. The van der Waals surface area contributed by atoms with Gasteiger partial charge in [-0.2, -0.15) is 5.10 Å². The Kier molecular flexibility index (Phi) is 3.36. The highest BCUT2D eigenvalue weighted by molar-refractivity contribution is 5.65. The van der Waals surface area contributed by atoms with Crippen LogP contribution in [0.15, 0.2) is 24.5 Å². The van der Waals surface area contributed by atoms with Crippen molar-refractivity contribution in [3.05, 3.63) is 30.2 Å². The molecule has 0 aliphatic rings. The third-order valence-corrected chi connectivity index (χ3v) is 2.96. The molecule has 18 heavy (non-hydrogen) atoms. The summed E-state index contributed by atoms with van der Waals surface area (Å²) >= 11 is 0. The predicted molar refractivity (Wildman–Crippen MR) is 74.9 cm³/mol. The molecule has 2 heterocycles. The van der Waals surface area contributed by atoms with E-state index in [1.165, 1.54) is 0 Å². The average Bonchev–Trinajstić information content (AvgIpc) is 2.71. The van der Waals surface area contributed by atoms with Gasteiger partial charge in [-0.3, -0.25) is 4.68 Å². The van der Waals surface area contributed by atoms with Gasteiger partial charge in [-0.15, -0.1) is 0 Å². The highest BCUT2D eigenvalue weighted by Gasteiger charge is 2.09. The lowest BCUT2D eigenvalue weighted by molar-refractivity contribution is 0.529. The van der Waals surface area contributed by atoms with E-state index < -0.39 is 0 Å². The summed E-state index contributed by atoms with van der Waals surface area (Å²) < 4.78 is 1.99. The van der Waals surface area contributed by atoms with Crippen LogP contribution in [-0.4, -0.2) is 28.9 Å². The van der Waals surface area contributed by atoms with Crippen molar-refractivity contribution >= 4 is 5.82 Å². The van der Waals surface area contributed by atoms with Crippen LogP contribution in [-0.2, 0) is 0 Å². The maximum atomic E-state index is 4.52. The van der Waals surface area contributed by atoms with Gasteiger partial charge in [0.25, 0.3) is 0 Å². The Hall–Kier alpha value is -1.84. The van der Waals surface area contributed by atoms with Gasteiger partial charge in [-0.05, 0) is 32.9 Å². The monoisotopic (exact) mass is 244 g/mol. The molecule has 4 heteroatoms. The second-order valence-electron chi connectivity index (χ2n) is 5.00. The molecular formula is C14H20N4. The van der Waals surface area contributed by atoms with Gasteiger partial charge in [0.2, 0.25) is 0 Å². The van der Waals surface area contributed by atoms with Gasteiger partial charge in [-0.1, -0.05) is 0 Å². The minimum Gasteiger partial charge on any atom is -0.363 e. The van der Waals surface area contributed by atoms with Gasteiger partial charge in [0.05, 0.1) is 5.69 Å². The minimum atomic E-state index is 0.381. The summed E-state index contributed by atoms with van der Waals surface area (Å²) in [5, 5.41) is 4.52. The molecule has 0 aliphatic carbocycles. The van der Waals surface area contributed by atoms with Gasteiger partial charge < -0.3 is 4.90 Å². The molecule has 4 nitrogen and oxygen atoms in total. The minimum absolute atomic E-state index is 0.381. The van der Waals surface area contributed by atoms with E-state index in [-0.39, 0.29) is 0 Å². The lowest BCUT2D eigenvalue weighted by Crippen LogP contribution is -2.09. The second kappa shape index (κ2) is 4.80. The van der Waals surface area contributed by atoms with E-state index in [0.29, 0.717) is 6.04 Å². The van der Waals surface area contributed by atoms with Gasteiger partial charge in [0.1, 0.15) is 5.82 Å². The van der Waals surface area contributed by atoms with Gasteiger partial charge in [0.15, 0.2) is 0 Å². The molecule has 2 aromatic rings. The average molecular weight is 244 g/mol. The number of rotatable bonds is 3. The molecule has 0 saturated carbocycles. The Morgan fingerprint density at radius 2 is 1.94 bits per heavy atom. The lowest BCUT2D eigenvalue weighted by atomic mass is 10.1. The SMILES string of the molecule is Cc1nn(C(C)C)cc1-c1ccc(N(C)C)nc1. The van der Waals surface area contributed by atoms with Crippen LogP contribution in [0, 0.1) is 6.92 Å². The number of anilines is 1. The summed E-state index contributed by atoms with van der Waals surface area (Å²) in [4.78, 5) is 6.43. The summed E-state index contributed by atoms with van der Waals surface area (Å²) in [5.74, 6) is 0.965. The quantitative estimate of drug-likeness (QED) is 0.832. The topological polar surface area (TPSA) is 34.0 Å². The van der Waals surface area contributed by atoms with Crippen LogP contribution in [0.4, 0.5) is 5.82 Å². The molecule has 0 unspecified atom stereocenters. The zero-order chi connectivity index (χ0) is 13.3. The molecule has 0 aromatic carbocycles. The molecule has 0 saturated heterocycles. The normalized spacial score (nSPS) is 11.0. The van der Waals surface area contributed by atoms with Crippen LogP contribution in [0.25, 0.3) is 11.1 Å². The fourth-order valence-corrected chi connectivity index (χ4v) is 1.84. The number of hydrogen-bond donors (Lipinski definition) is 0. The molecule has 0 spiro atoms. The summed E-state index contributed by atoms with van der Waals surface area (Å²) in [7, 11) is 3.98. The molecule has 0 N–H and O–H groups in total. The summed E-state index contributed by atoms with van der Waals surface area (Å²) in [6.45, 7) is 6.29. The highest BCUT2D eigenvalue weighted by atomic mass is 15.3. The van der Waals surface area contributed by atoms with Crippen molar-refractivity contribution in [2.75, 3.05) is 19.0 Å². The number of aryl methyl sites for hydroxylation is 1. The van der Waals surface area contributed by atoms with Crippen LogP contribution >= 0.6 is 0 Å². The zero-order valence-electron chi connectivity index (χ0n) is 11.7. The molecule has 0 aliphatic heterocycles. The summed E-state index contributed by atoms with van der Waals surface area (Å²) in [5.41, 5.74) is 3.31. The molecule has 96 valence electrons. The van der Waals surface area contributed by atoms with Crippen LogP contribution in [0.1, 0.15) is 25.6 Å². The molecule has 0 bridgehead atoms. The van der Waals surface area contributed by atoms with Gasteiger partial charge in [0, 0.05) is 43.7 Å². The van der Waals surface area contributed by atoms with E-state index in [4.69, 9.17) is 0 Å². The van der Waals surface area contributed by atoms with Crippen LogP contribution < -0.4 is 4.90 Å². The van der Waals surface area contributed by atoms with E-state index in [2.05, 4.69) is 36.2 Å². The van der Waals surface area contributed by atoms with Gasteiger partial charge in [-0.25, -0.2) is 4.98 Å². The maximum absolute atomic E-state index is 4.52. The Bertz CT molecular complexity index is 523. The number of aromatic nitrogens is 3. The van der Waals surface area contributed by atoms with Crippen LogP contribution in [0.2, 0.25) is 0 Å². The Morgan fingerprint density at radius 1 is 1.22 bits per heavy atom. The first-order valence-corrected chi connectivity index (χ1v) is 6.18. The third-order valence-electron chi connectivity index (χ3n) is 2.96. The highest BCUT2D eigenvalue weighted by Crippen LogP contribution is 2.24. The molecular weight excluding hydrogens is 224 g/mol. The van der Waals surface area contributed by atoms with E-state index in [0.717, 1.165) is 22.6 Å². The van der Waals surface area contributed by atoms with Crippen LogP contribution in [0.3, 0.4) is 0 Å². The van der Waals surface area contributed by atoms with E-state index in [9.17, 15) is 0 Å². The van der Waals surface area contributed by atoms with Crippen molar-refractivity contribution < 1.29 is 0 Å². The Morgan fingerprint density at radius 3 is 2.39 bits per heavy atom. The fraction of sp³-hybridized carbons (Fsp3) is 0.429. The zero-order valence-corrected chi connectivity index (χ0v) is 11.7. The fourth-order valence-electron chi connectivity index (χ4n) is 1.84. The van der Waals surface area contributed by atoms with Crippen molar-refractivity contribution in [1.29, 1.82) is 0 Å². The van der Waals surface area contributed by atoms with Crippen molar-refractivity contribution in [2.45, 2.75) is 26.8 Å². The van der Waals surface area contributed by atoms with Crippen molar-refractivity contribution in [2.24, 2.45) is 0 Å². The molecule has 2 rings (SSSR count). The lowest BCUT2D eigenvalue weighted by Gasteiger charge is -2.10. The number of nitrogens with zero attached hydrogens (tertiary/aromatic N) is 4. The standard InChI is InChI=1S/C14H20N4/c1-10(2)18-9-13(11(3)16-18)12-6-7-14(15-8-12)17(4)5/h6-10H,1-5H3. The first-order valence-electron chi connectivity index (χ1n) is 6.18. The Balaban J connectivity index is 2.36. The Labute approximate surface area is 108 Å².